The normalized spacial score (nSPS) is 10.6. The first-order chi connectivity index (χ1) is 14.2. The minimum Gasteiger partial charge on any atom is -0.333 e. The van der Waals surface area contributed by atoms with Crippen LogP contribution in [0.5, 0.6) is 0 Å². The Kier molecular flexibility index (Phi) is 9.14. The van der Waals surface area contributed by atoms with Gasteiger partial charge in [0.25, 0.3) is 0 Å². The highest BCUT2D eigenvalue weighted by atomic mass is 35.5. The van der Waals surface area contributed by atoms with Crippen LogP contribution in [0.2, 0.25) is 10.0 Å². The molecule has 1 N–H and O–H groups in total. The van der Waals surface area contributed by atoms with Crippen LogP contribution in [0.4, 0.5) is 10.1 Å². The molecule has 0 fully saturated rings. The minimum absolute atomic E-state index is 0.0401. The standard InChI is InChI=1S/C21H21Cl2FN2O3S/c1-3-8-26(11-20(28)25-18-10-15(22)5-6-16(18)23)21(29)12-30-19-7-4-14(13(2)27)9-17(19)24/h4-7,9-10H,3,8,11-12H2,1-2H3,(H,25,28). The predicted molar refractivity (Wildman–Crippen MR) is 119 cm³/mol. The van der Waals surface area contributed by atoms with Crippen molar-refractivity contribution in [1.29, 1.82) is 0 Å². The number of amides is 2. The van der Waals surface area contributed by atoms with Crippen LogP contribution in [-0.4, -0.2) is 41.3 Å². The number of thioether (sulfide) groups is 1. The molecule has 2 aromatic rings. The quantitative estimate of drug-likeness (QED) is 0.398. The van der Waals surface area contributed by atoms with Crippen LogP contribution in [0.1, 0.15) is 30.6 Å². The van der Waals surface area contributed by atoms with Crippen molar-refractivity contribution >= 4 is 58.2 Å². The van der Waals surface area contributed by atoms with Gasteiger partial charge in [0.1, 0.15) is 5.82 Å². The summed E-state index contributed by atoms with van der Waals surface area (Å²) < 4.78 is 14.1. The number of benzene rings is 2. The third-order valence-electron chi connectivity index (χ3n) is 4.07. The van der Waals surface area contributed by atoms with E-state index in [1.54, 1.807) is 12.1 Å². The fourth-order valence-electron chi connectivity index (χ4n) is 2.59. The monoisotopic (exact) mass is 470 g/mol. The lowest BCUT2D eigenvalue weighted by Crippen LogP contribution is -2.39. The van der Waals surface area contributed by atoms with E-state index >= 15 is 0 Å². The Morgan fingerprint density at radius 2 is 1.87 bits per heavy atom. The van der Waals surface area contributed by atoms with E-state index in [1.807, 2.05) is 6.92 Å². The molecule has 0 heterocycles. The summed E-state index contributed by atoms with van der Waals surface area (Å²) in [5, 5.41) is 3.40. The van der Waals surface area contributed by atoms with Gasteiger partial charge in [0.05, 0.1) is 23.0 Å². The summed E-state index contributed by atoms with van der Waals surface area (Å²) in [5.41, 5.74) is 0.632. The topological polar surface area (TPSA) is 66.5 Å². The molecule has 0 saturated carbocycles. The maximum Gasteiger partial charge on any atom is 0.244 e. The van der Waals surface area contributed by atoms with Crippen molar-refractivity contribution in [1.82, 2.24) is 4.90 Å². The van der Waals surface area contributed by atoms with Gasteiger partial charge in [-0.25, -0.2) is 4.39 Å². The second kappa shape index (κ2) is 11.3. The van der Waals surface area contributed by atoms with Crippen molar-refractivity contribution in [2.45, 2.75) is 25.2 Å². The molecule has 0 saturated heterocycles. The first-order valence-corrected chi connectivity index (χ1v) is 10.9. The van der Waals surface area contributed by atoms with E-state index in [0.29, 0.717) is 28.7 Å². The van der Waals surface area contributed by atoms with Crippen molar-refractivity contribution < 1.29 is 18.8 Å². The number of hydrogen-bond donors (Lipinski definition) is 1. The molecule has 160 valence electrons. The fraction of sp³-hybridized carbons (Fsp3) is 0.286. The zero-order chi connectivity index (χ0) is 22.3. The second-order valence-electron chi connectivity index (χ2n) is 6.48. The third kappa shape index (κ3) is 7.00. The summed E-state index contributed by atoms with van der Waals surface area (Å²) >= 11 is 13.0. The van der Waals surface area contributed by atoms with E-state index in [9.17, 15) is 18.8 Å². The van der Waals surface area contributed by atoms with Gasteiger partial charge in [-0.2, -0.15) is 0 Å². The number of Topliss-reactive ketones (excluding diaryl/α,β-unsaturated/α-hetero) is 1. The molecule has 0 aliphatic carbocycles. The summed E-state index contributed by atoms with van der Waals surface area (Å²) in [5.74, 6) is -1.55. The highest BCUT2D eigenvalue weighted by molar-refractivity contribution is 8.00. The Morgan fingerprint density at radius 3 is 2.50 bits per heavy atom. The van der Waals surface area contributed by atoms with Gasteiger partial charge in [0, 0.05) is 22.0 Å². The Morgan fingerprint density at radius 1 is 1.13 bits per heavy atom. The number of ketones is 1. The molecule has 2 aromatic carbocycles. The Bertz CT molecular complexity index is 956. The van der Waals surface area contributed by atoms with Crippen LogP contribution >= 0.6 is 35.0 Å². The smallest absolute Gasteiger partial charge is 0.244 e. The summed E-state index contributed by atoms with van der Waals surface area (Å²) in [7, 11) is 0. The number of rotatable bonds is 9. The molecule has 0 atom stereocenters. The molecule has 2 rings (SSSR count). The van der Waals surface area contributed by atoms with Gasteiger partial charge in [-0.05, 0) is 43.7 Å². The minimum atomic E-state index is -0.559. The molecule has 30 heavy (non-hydrogen) atoms. The van der Waals surface area contributed by atoms with Crippen LogP contribution in [0.3, 0.4) is 0 Å². The largest absolute Gasteiger partial charge is 0.333 e. The van der Waals surface area contributed by atoms with E-state index in [0.717, 1.165) is 17.8 Å². The van der Waals surface area contributed by atoms with Gasteiger partial charge < -0.3 is 10.2 Å². The lowest BCUT2D eigenvalue weighted by Gasteiger charge is -2.21. The zero-order valence-corrected chi connectivity index (χ0v) is 18.8. The van der Waals surface area contributed by atoms with Crippen molar-refractivity contribution in [3.63, 3.8) is 0 Å². The number of anilines is 1. The average molecular weight is 471 g/mol. The molecule has 0 unspecified atom stereocenters. The SMILES string of the molecule is CCCN(CC(=O)Nc1cc(Cl)ccc1Cl)C(=O)CSc1ccc(C(C)=O)cc1F. The molecule has 0 spiro atoms. The summed E-state index contributed by atoms with van der Waals surface area (Å²) in [4.78, 5) is 38.0. The molecule has 5 nitrogen and oxygen atoms in total. The first-order valence-electron chi connectivity index (χ1n) is 9.17. The molecular formula is C21H21Cl2FN2O3S. The Labute approximate surface area is 188 Å². The van der Waals surface area contributed by atoms with E-state index in [-0.39, 0.29) is 34.4 Å². The lowest BCUT2D eigenvalue weighted by molar-refractivity contribution is -0.132. The zero-order valence-electron chi connectivity index (χ0n) is 16.5. The summed E-state index contributed by atoms with van der Waals surface area (Å²) in [6.07, 6.45) is 0.656. The van der Waals surface area contributed by atoms with Gasteiger partial charge in [-0.1, -0.05) is 36.2 Å². The van der Waals surface area contributed by atoms with Crippen molar-refractivity contribution in [2.24, 2.45) is 0 Å². The van der Waals surface area contributed by atoms with Crippen LogP contribution in [0.25, 0.3) is 0 Å². The summed E-state index contributed by atoms with van der Waals surface area (Å²) in [6.45, 7) is 3.46. The summed E-state index contributed by atoms with van der Waals surface area (Å²) in [6, 6.07) is 8.84. The number of halogens is 3. The number of nitrogens with one attached hydrogen (secondary N) is 1. The van der Waals surface area contributed by atoms with Crippen molar-refractivity contribution in [3.05, 3.63) is 57.8 Å². The second-order valence-corrected chi connectivity index (χ2v) is 8.34. The van der Waals surface area contributed by atoms with Crippen molar-refractivity contribution in [2.75, 3.05) is 24.2 Å². The van der Waals surface area contributed by atoms with Gasteiger partial charge in [-0.3, -0.25) is 14.4 Å². The van der Waals surface area contributed by atoms with E-state index in [4.69, 9.17) is 23.2 Å². The number of hydrogen-bond acceptors (Lipinski definition) is 4. The van der Waals surface area contributed by atoms with Crippen LogP contribution in [0.15, 0.2) is 41.3 Å². The molecule has 9 heteroatoms. The lowest BCUT2D eigenvalue weighted by atomic mass is 10.1. The van der Waals surface area contributed by atoms with Crippen LogP contribution in [-0.2, 0) is 9.59 Å². The molecule has 0 aliphatic heterocycles. The molecule has 0 aliphatic rings. The third-order valence-corrected chi connectivity index (χ3v) is 5.67. The van der Waals surface area contributed by atoms with Gasteiger partial charge in [0.15, 0.2) is 5.78 Å². The first kappa shape index (κ1) is 24.2. The number of carbonyl (C=O) groups is 3. The highest BCUT2D eigenvalue weighted by Gasteiger charge is 2.18. The Hall–Kier alpha value is -2.09. The fourth-order valence-corrected chi connectivity index (χ4v) is 3.75. The Balaban J connectivity index is 1.99. The van der Waals surface area contributed by atoms with Crippen LogP contribution in [0, 0.1) is 5.82 Å². The molecule has 0 aromatic heterocycles. The van der Waals surface area contributed by atoms with Gasteiger partial charge in [-0.15, -0.1) is 11.8 Å². The number of carbonyl (C=O) groups excluding carboxylic acids is 3. The maximum atomic E-state index is 14.1. The molecular weight excluding hydrogens is 450 g/mol. The van der Waals surface area contributed by atoms with Gasteiger partial charge >= 0.3 is 0 Å². The van der Waals surface area contributed by atoms with Crippen molar-refractivity contribution in [3.8, 4) is 0 Å². The van der Waals surface area contributed by atoms with E-state index in [1.165, 1.54) is 30.0 Å². The average Bonchev–Trinajstić information content (AvgIpc) is 2.69. The van der Waals surface area contributed by atoms with E-state index in [2.05, 4.69) is 5.32 Å². The molecule has 0 bridgehead atoms. The van der Waals surface area contributed by atoms with Gasteiger partial charge in [0.2, 0.25) is 11.8 Å². The maximum absolute atomic E-state index is 14.1. The molecule has 0 radical (unpaired) electrons. The van der Waals surface area contributed by atoms with Crippen LogP contribution < -0.4 is 5.32 Å². The van der Waals surface area contributed by atoms with E-state index < -0.39 is 11.7 Å². The molecule has 2 amide bonds. The predicted octanol–water partition coefficient (Wildman–Crippen LogP) is 5.30. The number of nitrogens with zero attached hydrogens (tertiary/aromatic N) is 1. The highest BCUT2D eigenvalue weighted by Crippen LogP contribution is 2.26.